The summed E-state index contributed by atoms with van der Waals surface area (Å²) in [6.07, 6.45) is 0.874. The second-order valence-electron chi connectivity index (χ2n) is 6.23. The summed E-state index contributed by atoms with van der Waals surface area (Å²) in [5, 5.41) is 13.8. The lowest BCUT2D eigenvalue weighted by Crippen LogP contribution is -2.51. The zero-order valence-corrected chi connectivity index (χ0v) is 13.8. The monoisotopic (exact) mass is 311 g/mol. The molecule has 1 aliphatic rings. The third-order valence-electron chi connectivity index (χ3n) is 4.12. The normalized spacial score (nSPS) is 21.2. The fourth-order valence-corrected chi connectivity index (χ4v) is 2.41. The summed E-state index contributed by atoms with van der Waals surface area (Å²) >= 11 is 0. The van der Waals surface area contributed by atoms with Crippen LogP contribution in [-0.2, 0) is 0 Å². The highest BCUT2D eigenvalue weighted by molar-refractivity contribution is 5.26. The van der Waals surface area contributed by atoms with E-state index in [-0.39, 0.29) is 12.8 Å². The molecule has 0 aliphatic carbocycles. The fourth-order valence-electron chi connectivity index (χ4n) is 2.41. The van der Waals surface area contributed by atoms with Gasteiger partial charge in [-0.2, -0.15) is 5.01 Å². The largest absolute Gasteiger partial charge is 0.393 e. The van der Waals surface area contributed by atoms with Gasteiger partial charge >= 0.3 is 0 Å². The van der Waals surface area contributed by atoms with Crippen molar-refractivity contribution in [1.29, 1.82) is 0 Å². The topological polar surface area (TPSA) is 39.2 Å². The summed E-state index contributed by atoms with van der Waals surface area (Å²) in [4.78, 5) is 5.81. The van der Waals surface area contributed by atoms with Crippen LogP contribution in [0.5, 0.6) is 5.75 Å². The predicted octanol–water partition coefficient (Wildman–Crippen LogP) is 2.86. The Morgan fingerprint density at radius 2 is 1.95 bits per heavy atom. The maximum atomic E-state index is 14.2. The first-order valence-electron chi connectivity index (χ1n) is 7.75. The van der Waals surface area contributed by atoms with Crippen molar-refractivity contribution in [2.75, 3.05) is 13.2 Å². The molecule has 0 spiro atoms. The highest BCUT2D eigenvalue weighted by atomic mass is 19.2. The van der Waals surface area contributed by atoms with E-state index < -0.39 is 5.66 Å². The SMILES string of the molecule is CCC(O)CCN1N(Oc2ccc(C)cc2)CN(F)C1(C)C. The molecule has 0 saturated carbocycles. The van der Waals surface area contributed by atoms with Crippen LogP contribution in [0.1, 0.15) is 39.2 Å². The maximum Gasteiger partial charge on any atom is 0.149 e. The van der Waals surface area contributed by atoms with Crippen LogP contribution in [0.2, 0.25) is 0 Å². The number of benzene rings is 1. The molecule has 1 saturated heterocycles. The van der Waals surface area contributed by atoms with Crippen LogP contribution >= 0.6 is 0 Å². The first-order chi connectivity index (χ1) is 10.3. The number of aliphatic hydroxyl groups excluding tert-OH is 1. The Bertz CT molecular complexity index is 481. The molecule has 0 aromatic heterocycles. The van der Waals surface area contributed by atoms with E-state index >= 15 is 0 Å². The average molecular weight is 311 g/mol. The van der Waals surface area contributed by atoms with Gasteiger partial charge in [-0.3, -0.25) is 0 Å². The minimum atomic E-state index is -0.807. The van der Waals surface area contributed by atoms with E-state index in [1.165, 1.54) is 5.17 Å². The standard InChI is InChI=1S/C16H26FN3O2/c1-5-14(21)10-11-19-16(3,4)18(17)12-20(19)22-15-8-6-13(2)7-9-15/h6-9,14,21H,5,10-12H2,1-4H3. The van der Waals surface area contributed by atoms with E-state index in [4.69, 9.17) is 4.84 Å². The zero-order valence-electron chi connectivity index (χ0n) is 13.8. The maximum absolute atomic E-state index is 14.2. The third-order valence-corrected chi connectivity index (χ3v) is 4.12. The first-order valence-corrected chi connectivity index (χ1v) is 7.75. The summed E-state index contributed by atoms with van der Waals surface area (Å²) in [7, 11) is 0. The van der Waals surface area contributed by atoms with Gasteiger partial charge < -0.3 is 9.94 Å². The Hall–Kier alpha value is -1.21. The highest BCUT2D eigenvalue weighted by Crippen LogP contribution is 2.31. The molecule has 1 aromatic carbocycles. The van der Waals surface area contributed by atoms with E-state index in [0.717, 1.165) is 10.7 Å². The van der Waals surface area contributed by atoms with Crippen LogP contribution in [0.4, 0.5) is 4.48 Å². The molecule has 6 heteroatoms. The van der Waals surface area contributed by atoms with Gasteiger partial charge in [0.2, 0.25) is 0 Å². The minimum Gasteiger partial charge on any atom is -0.393 e. The van der Waals surface area contributed by atoms with Crippen LogP contribution in [-0.4, -0.2) is 45.4 Å². The van der Waals surface area contributed by atoms with Gasteiger partial charge in [0.05, 0.1) is 6.10 Å². The van der Waals surface area contributed by atoms with Crippen LogP contribution in [0, 0.1) is 6.92 Å². The number of aryl methyl sites for hydroxylation is 1. The van der Waals surface area contributed by atoms with E-state index in [0.29, 0.717) is 25.1 Å². The second-order valence-corrected chi connectivity index (χ2v) is 6.23. The van der Waals surface area contributed by atoms with Gasteiger partial charge in [-0.15, -0.1) is 9.60 Å². The molecule has 1 aromatic rings. The van der Waals surface area contributed by atoms with Gasteiger partial charge in [0, 0.05) is 6.54 Å². The van der Waals surface area contributed by atoms with Gasteiger partial charge in [-0.25, -0.2) is 0 Å². The Morgan fingerprint density at radius 1 is 1.32 bits per heavy atom. The van der Waals surface area contributed by atoms with E-state index in [9.17, 15) is 9.59 Å². The molecule has 1 fully saturated rings. The van der Waals surface area contributed by atoms with Crippen LogP contribution in [0.25, 0.3) is 0 Å². The van der Waals surface area contributed by atoms with Gasteiger partial charge in [-0.1, -0.05) is 29.8 Å². The minimum absolute atomic E-state index is 0.0308. The lowest BCUT2D eigenvalue weighted by atomic mass is 10.1. The number of aliphatic hydroxyl groups is 1. The molecule has 1 aliphatic heterocycles. The van der Waals surface area contributed by atoms with Crippen LogP contribution < -0.4 is 4.84 Å². The molecular formula is C16H26FN3O2. The van der Waals surface area contributed by atoms with Crippen molar-refractivity contribution in [3.05, 3.63) is 29.8 Å². The summed E-state index contributed by atoms with van der Waals surface area (Å²) in [5.74, 6) is 0.665. The summed E-state index contributed by atoms with van der Waals surface area (Å²) in [6.45, 7) is 8.08. The summed E-state index contributed by atoms with van der Waals surface area (Å²) < 4.78 is 14.2. The zero-order chi connectivity index (χ0) is 16.3. The molecule has 22 heavy (non-hydrogen) atoms. The van der Waals surface area contributed by atoms with Crippen molar-refractivity contribution in [3.8, 4) is 5.75 Å². The van der Waals surface area contributed by atoms with E-state index in [1.807, 2.05) is 43.1 Å². The van der Waals surface area contributed by atoms with Crippen molar-refractivity contribution in [2.24, 2.45) is 0 Å². The predicted molar refractivity (Wildman–Crippen MR) is 83.2 cm³/mol. The van der Waals surface area contributed by atoms with Crippen molar-refractivity contribution in [1.82, 2.24) is 15.3 Å². The summed E-state index contributed by atoms with van der Waals surface area (Å²) in [6, 6.07) is 7.63. The van der Waals surface area contributed by atoms with Gasteiger partial charge in [-0.05, 0) is 45.7 Å². The fraction of sp³-hybridized carbons (Fsp3) is 0.625. The number of hydrazine groups is 1. The number of rotatable bonds is 6. The molecule has 124 valence electrons. The van der Waals surface area contributed by atoms with Crippen molar-refractivity contribution in [3.63, 3.8) is 0 Å². The Labute approximate surface area is 131 Å². The molecule has 5 nitrogen and oxygen atoms in total. The Kier molecular flexibility index (Phi) is 5.39. The number of hydrogen-bond donors (Lipinski definition) is 1. The molecule has 1 unspecified atom stereocenters. The van der Waals surface area contributed by atoms with E-state index in [1.54, 1.807) is 13.8 Å². The van der Waals surface area contributed by atoms with Crippen LogP contribution in [0.3, 0.4) is 0 Å². The number of nitrogens with zero attached hydrogens (tertiary/aromatic N) is 3. The highest BCUT2D eigenvalue weighted by Gasteiger charge is 2.46. The lowest BCUT2D eigenvalue weighted by molar-refractivity contribution is -0.217. The van der Waals surface area contributed by atoms with E-state index in [2.05, 4.69) is 0 Å². The van der Waals surface area contributed by atoms with Crippen molar-refractivity contribution in [2.45, 2.75) is 52.3 Å². The molecule has 1 heterocycles. The molecule has 0 radical (unpaired) electrons. The molecule has 1 atom stereocenters. The molecule has 0 amide bonds. The molecule has 2 rings (SSSR count). The van der Waals surface area contributed by atoms with Gasteiger partial charge in [0.25, 0.3) is 0 Å². The number of hydroxylamine groups is 1. The van der Waals surface area contributed by atoms with Crippen molar-refractivity contribution >= 4 is 0 Å². The lowest BCUT2D eigenvalue weighted by Gasteiger charge is -2.35. The smallest absolute Gasteiger partial charge is 0.149 e. The number of halogens is 1. The average Bonchev–Trinajstić information content (AvgIpc) is 2.69. The van der Waals surface area contributed by atoms with Gasteiger partial charge in [0.1, 0.15) is 18.1 Å². The van der Waals surface area contributed by atoms with Crippen LogP contribution in [0.15, 0.2) is 24.3 Å². The quantitative estimate of drug-likeness (QED) is 0.818. The van der Waals surface area contributed by atoms with Gasteiger partial charge in [0.15, 0.2) is 0 Å². The molecular weight excluding hydrogens is 285 g/mol. The second kappa shape index (κ2) is 6.91. The Balaban J connectivity index is 2.08. The third kappa shape index (κ3) is 3.76. The summed E-state index contributed by atoms with van der Waals surface area (Å²) in [5.41, 5.74) is 0.335. The molecule has 0 bridgehead atoms. The molecule has 1 N–H and O–H groups in total. The number of hydrogen-bond acceptors (Lipinski definition) is 5. The van der Waals surface area contributed by atoms with Crippen molar-refractivity contribution < 1.29 is 14.4 Å². The first kappa shape index (κ1) is 17.1. The Morgan fingerprint density at radius 3 is 2.55 bits per heavy atom.